The lowest BCUT2D eigenvalue weighted by Crippen LogP contribution is -2.45. The third-order valence-corrected chi connectivity index (χ3v) is 3.52. The van der Waals surface area contributed by atoms with E-state index in [0.29, 0.717) is 17.2 Å². The zero-order chi connectivity index (χ0) is 13.8. The van der Waals surface area contributed by atoms with Crippen molar-refractivity contribution in [1.29, 1.82) is 0 Å². The number of amides is 1. The molecule has 102 valence electrons. The summed E-state index contributed by atoms with van der Waals surface area (Å²) in [6.07, 6.45) is 1.97. The molecule has 4 nitrogen and oxygen atoms in total. The van der Waals surface area contributed by atoms with Crippen molar-refractivity contribution in [2.45, 2.75) is 32.7 Å². The van der Waals surface area contributed by atoms with E-state index in [2.05, 4.69) is 17.6 Å². The molecule has 2 rings (SSSR count). The molecule has 1 aromatic carbocycles. The maximum absolute atomic E-state index is 12.1. The fourth-order valence-corrected chi connectivity index (χ4v) is 2.35. The summed E-state index contributed by atoms with van der Waals surface area (Å²) in [6.45, 7) is 4.57. The highest BCUT2D eigenvalue weighted by Gasteiger charge is 2.24. The maximum atomic E-state index is 12.1. The van der Waals surface area contributed by atoms with Gasteiger partial charge in [-0.1, -0.05) is 19.1 Å². The van der Waals surface area contributed by atoms with Crippen LogP contribution in [0.5, 0.6) is 0 Å². The Balaban J connectivity index is 2.02. The second-order valence-corrected chi connectivity index (χ2v) is 5.26. The third-order valence-electron chi connectivity index (χ3n) is 3.52. The van der Waals surface area contributed by atoms with Crippen molar-refractivity contribution in [3.05, 3.63) is 29.8 Å². The monoisotopic (exact) mass is 260 g/mol. The first-order valence-electron chi connectivity index (χ1n) is 6.71. The van der Waals surface area contributed by atoms with Crippen molar-refractivity contribution < 1.29 is 9.59 Å². The van der Waals surface area contributed by atoms with Crippen LogP contribution in [-0.2, 0) is 4.79 Å². The molecular formula is C15H20N2O2. The molecule has 1 amide bonds. The molecule has 0 bridgehead atoms. The normalized spacial score (nSPS) is 22.8. The number of nitrogens with one attached hydrogen (secondary N) is 2. The molecule has 1 fully saturated rings. The number of ketones is 1. The highest BCUT2D eigenvalue weighted by molar-refractivity contribution is 5.98. The molecular weight excluding hydrogens is 240 g/mol. The van der Waals surface area contributed by atoms with Crippen molar-refractivity contribution in [2.75, 3.05) is 11.9 Å². The summed E-state index contributed by atoms with van der Waals surface area (Å²) in [4.78, 5) is 23.4. The van der Waals surface area contributed by atoms with Gasteiger partial charge in [0.25, 0.3) is 0 Å². The number of anilines is 1. The van der Waals surface area contributed by atoms with Crippen LogP contribution in [0.1, 0.15) is 37.0 Å². The minimum Gasteiger partial charge on any atom is -0.325 e. The van der Waals surface area contributed by atoms with Gasteiger partial charge in [-0.05, 0) is 44.4 Å². The molecule has 0 radical (unpaired) electrons. The van der Waals surface area contributed by atoms with E-state index in [-0.39, 0.29) is 17.7 Å². The first kappa shape index (κ1) is 13.7. The lowest BCUT2D eigenvalue weighted by Gasteiger charge is -2.27. The number of carbonyl (C=O) groups is 2. The van der Waals surface area contributed by atoms with Gasteiger partial charge in [0, 0.05) is 11.3 Å². The van der Waals surface area contributed by atoms with Crippen molar-refractivity contribution >= 4 is 17.4 Å². The molecule has 2 unspecified atom stereocenters. The number of Topliss-reactive ketones (excluding diaryl/α,β-unsaturated/α-hetero) is 1. The molecule has 1 heterocycles. The lowest BCUT2D eigenvalue weighted by molar-refractivity contribution is -0.119. The summed E-state index contributed by atoms with van der Waals surface area (Å²) in [5, 5.41) is 6.10. The smallest absolute Gasteiger partial charge is 0.241 e. The minimum absolute atomic E-state index is 0.000475. The molecule has 19 heavy (non-hydrogen) atoms. The Morgan fingerprint density at radius 2 is 2.16 bits per heavy atom. The van der Waals surface area contributed by atoms with E-state index >= 15 is 0 Å². The summed E-state index contributed by atoms with van der Waals surface area (Å²) >= 11 is 0. The van der Waals surface area contributed by atoms with E-state index in [4.69, 9.17) is 0 Å². The number of hydrogen-bond acceptors (Lipinski definition) is 3. The molecule has 0 spiro atoms. The van der Waals surface area contributed by atoms with Crippen molar-refractivity contribution in [3.8, 4) is 0 Å². The highest BCUT2D eigenvalue weighted by atomic mass is 16.2. The van der Waals surface area contributed by atoms with Crippen LogP contribution < -0.4 is 10.6 Å². The molecule has 2 N–H and O–H groups in total. The molecule has 2 atom stereocenters. The molecule has 1 aliphatic heterocycles. The molecule has 1 aromatic rings. The molecule has 0 aromatic heterocycles. The molecule has 1 saturated heterocycles. The fourth-order valence-electron chi connectivity index (χ4n) is 2.35. The van der Waals surface area contributed by atoms with Gasteiger partial charge < -0.3 is 10.6 Å². The second-order valence-electron chi connectivity index (χ2n) is 5.26. The standard InChI is InChI=1S/C15H20N2O2/c1-10-6-7-16-14(8-10)15(19)17-13-5-3-4-12(9-13)11(2)18/h3-5,9-10,14,16H,6-8H2,1-2H3,(H,17,19). The van der Waals surface area contributed by atoms with E-state index in [1.54, 1.807) is 24.3 Å². The van der Waals surface area contributed by atoms with Gasteiger partial charge in [0.1, 0.15) is 0 Å². The van der Waals surface area contributed by atoms with Gasteiger partial charge in [-0.3, -0.25) is 9.59 Å². The Morgan fingerprint density at radius 1 is 1.37 bits per heavy atom. The van der Waals surface area contributed by atoms with Gasteiger partial charge in [-0.25, -0.2) is 0 Å². The van der Waals surface area contributed by atoms with Crippen LogP contribution in [0, 0.1) is 5.92 Å². The van der Waals surface area contributed by atoms with E-state index in [1.807, 2.05) is 0 Å². The van der Waals surface area contributed by atoms with E-state index in [1.165, 1.54) is 6.92 Å². The van der Waals surface area contributed by atoms with Gasteiger partial charge in [-0.2, -0.15) is 0 Å². The fraction of sp³-hybridized carbons (Fsp3) is 0.467. The van der Waals surface area contributed by atoms with E-state index in [9.17, 15) is 9.59 Å². The largest absolute Gasteiger partial charge is 0.325 e. The molecule has 0 saturated carbocycles. The lowest BCUT2D eigenvalue weighted by atomic mass is 9.94. The minimum atomic E-state index is -0.135. The summed E-state index contributed by atoms with van der Waals surface area (Å²) < 4.78 is 0. The van der Waals surface area contributed by atoms with Crippen LogP contribution in [0.2, 0.25) is 0 Å². The Hall–Kier alpha value is -1.68. The van der Waals surface area contributed by atoms with E-state index < -0.39 is 0 Å². The van der Waals surface area contributed by atoms with Gasteiger partial charge in [0.15, 0.2) is 5.78 Å². The average molecular weight is 260 g/mol. The Labute approximate surface area is 113 Å². The summed E-state index contributed by atoms with van der Waals surface area (Å²) in [5.74, 6) is 0.549. The third kappa shape index (κ3) is 3.64. The topological polar surface area (TPSA) is 58.2 Å². The van der Waals surface area contributed by atoms with E-state index in [0.717, 1.165) is 19.4 Å². The molecule has 1 aliphatic rings. The first-order valence-corrected chi connectivity index (χ1v) is 6.71. The van der Waals surface area contributed by atoms with Crippen molar-refractivity contribution in [2.24, 2.45) is 5.92 Å². The number of carbonyl (C=O) groups excluding carboxylic acids is 2. The average Bonchev–Trinajstić information content (AvgIpc) is 2.39. The van der Waals surface area contributed by atoms with Crippen molar-refractivity contribution in [3.63, 3.8) is 0 Å². The number of piperidine rings is 1. The summed E-state index contributed by atoms with van der Waals surface area (Å²) in [5.41, 5.74) is 1.29. The van der Waals surface area contributed by atoms with Crippen LogP contribution in [0.15, 0.2) is 24.3 Å². The van der Waals surface area contributed by atoms with Gasteiger partial charge in [0.2, 0.25) is 5.91 Å². The van der Waals surface area contributed by atoms with Gasteiger partial charge in [0.05, 0.1) is 6.04 Å². The summed E-state index contributed by atoms with van der Waals surface area (Å²) in [6, 6.07) is 6.91. The van der Waals surface area contributed by atoms with Gasteiger partial charge in [-0.15, -0.1) is 0 Å². The predicted octanol–water partition coefficient (Wildman–Crippen LogP) is 2.22. The second kappa shape index (κ2) is 5.97. The van der Waals surface area contributed by atoms with Crippen LogP contribution in [-0.4, -0.2) is 24.3 Å². The highest BCUT2D eigenvalue weighted by Crippen LogP contribution is 2.17. The maximum Gasteiger partial charge on any atom is 0.241 e. The van der Waals surface area contributed by atoms with Crippen LogP contribution >= 0.6 is 0 Å². The Kier molecular flexibility index (Phi) is 4.32. The molecule has 0 aliphatic carbocycles. The number of hydrogen-bond donors (Lipinski definition) is 2. The van der Waals surface area contributed by atoms with Crippen LogP contribution in [0.4, 0.5) is 5.69 Å². The number of benzene rings is 1. The first-order chi connectivity index (χ1) is 9.06. The Morgan fingerprint density at radius 3 is 2.84 bits per heavy atom. The van der Waals surface area contributed by atoms with Crippen LogP contribution in [0.3, 0.4) is 0 Å². The Bertz CT molecular complexity index is 485. The van der Waals surface area contributed by atoms with Crippen LogP contribution in [0.25, 0.3) is 0 Å². The predicted molar refractivity (Wildman–Crippen MR) is 75.3 cm³/mol. The van der Waals surface area contributed by atoms with Crippen molar-refractivity contribution in [1.82, 2.24) is 5.32 Å². The zero-order valence-corrected chi connectivity index (χ0v) is 11.4. The SMILES string of the molecule is CC(=O)c1cccc(NC(=O)C2CC(C)CCN2)c1. The van der Waals surface area contributed by atoms with Gasteiger partial charge >= 0.3 is 0 Å². The quantitative estimate of drug-likeness (QED) is 0.819. The zero-order valence-electron chi connectivity index (χ0n) is 11.4. The molecule has 4 heteroatoms. The summed E-state index contributed by atoms with van der Waals surface area (Å²) in [7, 11) is 0. The number of rotatable bonds is 3.